The number of likely N-dealkylation sites (tertiary alicyclic amines) is 1. The maximum absolute atomic E-state index is 12.9. The molecule has 0 bridgehead atoms. The van der Waals surface area contributed by atoms with Crippen LogP contribution in [0.25, 0.3) is 0 Å². The number of piperidine rings is 1. The summed E-state index contributed by atoms with van der Waals surface area (Å²) in [5, 5.41) is 0. The summed E-state index contributed by atoms with van der Waals surface area (Å²) in [6.45, 7) is 3.98. The van der Waals surface area contributed by atoms with E-state index in [2.05, 4.69) is 0 Å². The minimum atomic E-state index is -1.49. The van der Waals surface area contributed by atoms with Crippen molar-refractivity contribution in [1.29, 1.82) is 0 Å². The summed E-state index contributed by atoms with van der Waals surface area (Å²) in [4.78, 5) is 60.6. The average Bonchev–Trinajstić information content (AvgIpc) is 2.69. The van der Waals surface area contributed by atoms with Gasteiger partial charge in [-0.3, -0.25) is 24.1 Å². The second-order valence-corrected chi connectivity index (χ2v) is 6.99. The van der Waals surface area contributed by atoms with Crippen LogP contribution in [0, 0.1) is 0 Å². The quantitative estimate of drug-likeness (QED) is 0.460. The number of hydrogen-bond acceptors (Lipinski definition) is 10. The summed E-state index contributed by atoms with van der Waals surface area (Å²) < 4.78 is 26.2. The van der Waals surface area contributed by atoms with Crippen LogP contribution in [0.3, 0.4) is 0 Å². The van der Waals surface area contributed by atoms with Gasteiger partial charge >= 0.3 is 30.0 Å². The van der Waals surface area contributed by atoms with Crippen molar-refractivity contribution in [2.24, 2.45) is 0 Å². The SMILES string of the molecule is CC(=O)O[C@H]1[C@H](OC(C)=O)[C@H](OC(C)=O)N(C(=O)OCc2ccccc2)C[C@H]1OC(C)=O. The molecule has 4 atom stereocenters. The molecule has 1 saturated heterocycles. The molecule has 1 aliphatic rings. The molecule has 1 aliphatic heterocycles. The molecule has 1 fully saturated rings. The van der Waals surface area contributed by atoms with E-state index >= 15 is 0 Å². The predicted octanol–water partition coefficient (Wildman–Crippen LogP) is 1.32. The molecule has 2 rings (SSSR count). The first-order chi connectivity index (χ1) is 15.1. The maximum atomic E-state index is 12.9. The minimum absolute atomic E-state index is 0.0905. The van der Waals surface area contributed by atoms with Gasteiger partial charge in [-0.25, -0.2) is 4.79 Å². The zero-order valence-electron chi connectivity index (χ0n) is 18.1. The summed E-state index contributed by atoms with van der Waals surface area (Å²) in [7, 11) is 0. The Hall–Kier alpha value is -3.63. The first kappa shape index (κ1) is 24.6. The van der Waals surface area contributed by atoms with Gasteiger partial charge in [-0.15, -0.1) is 0 Å². The van der Waals surface area contributed by atoms with E-state index in [-0.39, 0.29) is 13.2 Å². The lowest BCUT2D eigenvalue weighted by atomic mass is 9.99. The normalized spacial score (nSPS) is 22.3. The van der Waals surface area contributed by atoms with Crippen molar-refractivity contribution in [2.45, 2.75) is 58.8 Å². The molecule has 174 valence electrons. The lowest BCUT2D eigenvalue weighted by molar-refractivity contribution is -0.231. The van der Waals surface area contributed by atoms with Crippen LogP contribution in [0.2, 0.25) is 0 Å². The average molecular weight is 451 g/mol. The first-order valence-electron chi connectivity index (χ1n) is 9.74. The molecule has 1 heterocycles. The van der Waals surface area contributed by atoms with E-state index in [9.17, 15) is 24.0 Å². The molecule has 0 saturated carbocycles. The molecule has 0 radical (unpaired) electrons. The monoisotopic (exact) mass is 451 g/mol. The zero-order valence-corrected chi connectivity index (χ0v) is 18.1. The molecule has 11 nitrogen and oxygen atoms in total. The van der Waals surface area contributed by atoms with Gasteiger partial charge in [0.05, 0.1) is 6.54 Å². The van der Waals surface area contributed by atoms with Gasteiger partial charge in [0.15, 0.2) is 18.3 Å². The Kier molecular flexibility index (Phi) is 8.56. The third kappa shape index (κ3) is 6.96. The van der Waals surface area contributed by atoms with Gasteiger partial charge in [0.2, 0.25) is 6.23 Å². The van der Waals surface area contributed by atoms with Crippen LogP contribution in [0.15, 0.2) is 30.3 Å². The molecule has 0 N–H and O–H groups in total. The Morgan fingerprint density at radius 1 is 0.781 bits per heavy atom. The van der Waals surface area contributed by atoms with Gasteiger partial charge in [-0.05, 0) is 5.56 Å². The molecule has 0 spiro atoms. The number of esters is 4. The van der Waals surface area contributed by atoms with E-state index in [0.717, 1.165) is 32.6 Å². The van der Waals surface area contributed by atoms with Crippen molar-refractivity contribution in [3.63, 3.8) is 0 Å². The fourth-order valence-electron chi connectivity index (χ4n) is 3.20. The van der Waals surface area contributed by atoms with Crippen LogP contribution in [-0.2, 0) is 49.5 Å². The standard InChI is InChI=1S/C21H25NO10/c1-12(23)29-17-10-22(21(27)28-11-16-8-6-5-7-9-16)20(32-15(4)26)19(31-14(3)25)18(17)30-13(2)24/h5-9,17-20H,10-11H2,1-4H3/t17-,18-,19+,20+/m1/s1. The van der Waals surface area contributed by atoms with Gasteiger partial charge in [0, 0.05) is 27.7 Å². The summed E-state index contributed by atoms with van der Waals surface area (Å²) >= 11 is 0. The summed E-state index contributed by atoms with van der Waals surface area (Å²) in [5.74, 6) is -3.07. The fraction of sp³-hybridized carbons (Fsp3) is 0.476. The van der Waals surface area contributed by atoms with Crippen molar-refractivity contribution >= 4 is 30.0 Å². The highest BCUT2D eigenvalue weighted by molar-refractivity contribution is 5.72. The third-order valence-electron chi connectivity index (χ3n) is 4.30. The number of carbonyl (C=O) groups is 5. The van der Waals surface area contributed by atoms with E-state index in [1.165, 1.54) is 0 Å². The van der Waals surface area contributed by atoms with Gasteiger partial charge < -0.3 is 23.7 Å². The molecule has 1 aromatic carbocycles. The van der Waals surface area contributed by atoms with Crippen LogP contribution in [0.4, 0.5) is 4.79 Å². The topological polar surface area (TPSA) is 135 Å². The summed E-state index contributed by atoms with van der Waals surface area (Å²) in [6.07, 6.45) is -6.42. The predicted molar refractivity (Wildman–Crippen MR) is 106 cm³/mol. The number of ether oxygens (including phenoxy) is 5. The Bertz CT molecular complexity index is 855. The Morgan fingerprint density at radius 3 is 1.84 bits per heavy atom. The molecule has 1 amide bonds. The van der Waals surface area contributed by atoms with Crippen molar-refractivity contribution in [1.82, 2.24) is 4.90 Å². The smallest absolute Gasteiger partial charge is 0.413 e. The molecule has 0 unspecified atom stereocenters. The lowest BCUT2D eigenvalue weighted by Crippen LogP contribution is -2.66. The largest absolute Gasteiger partial charge is 0.457 e. The molecule has 11 heteroatoms. The Balaban J connectivity index is 2.38. The summed E-state index contributed by atoms with van der Waals surface area (Å²) in [6, 6.07) is 8.82. The number of rotatable bonds is 6. The van der Waals surface area contributed by atoms with E-state index in [0.29, 0.717) is 5.56 Å². The molecule has 0 aliphatic carbocycles. The number of amides is 1. The number of benzene rings is 1. The lowest BCUT2D eigenvalue weighted by Gasteiger charge is -2.45. The van der Waals surface area contributed by atoms with E-state index in [1.807, 2.05) is 0 Å². The highest BCUT2D eigenvalue weighted by atomic mass is 16.6. The summed E-state index contributed by atoms with van der Waals surface area (Å²) in [5.41, 5.74) is 0.702. The Labute approximate surface area is 184 Å². The van der Waals surface area contributed by atoms with Crippen LogP contribution in [0.5, 0.6) is 0 Å². The second kappa shape index (κ2) is 11.1. The molecule has 1 aromatic rings. The first-order valence-corrected chi connectivity index (χ1v) is 9.74. The van der Waals surface area contributed by atoms with Crippen molar-refractivity contribution < 1.29 is 47.7 Å². The number of hydrogen-bond donors (Lipinski definition) is 0. The van der Waals surface area contributed by atoms with Crippen molar-refractivity contribution in [2.75, 3.05) is 6.54 Å². The molecule has 32 heavy (non-hydrogen) atoms. The van der Waals surface area contributed by atoms with Crippen molar-refractivity contribution in [3.8, 4) is 0 Å². The molecule has 0 aromatic heterocycles. The van der Waals surface area contributed by atoms with E-state index in [4.69, 9.17) is 23.7 Å². The van der Waals surface area contributed by atoms with Gasteiger partial charge in [-0.2, -0.15) is 0 Å². The third-order valence-corrected chi connectivity index (χ3v) is 4.30. The van der Waals surface area contributed by atoms with Crippen LogP contribution < -0.4 is 0 Å². The minimum Gasteiger partial charge on any atom is -0.457 e. The van der Waals surface area contributed by atoms with Crippen LogP contribution in [0.1, 0.15) is 33.3 Å². The highest BCUT2D eigenvalue weighted by Crippen LogP contribution is 2.28. The number of nitrogens with zero attached hydrogens (tertiary/aromatic N) is 1. The highest BCUT2D eigenvalue weighted by Gasteiger charge is 2.53. The Morgan fingerprint density at radius 2 is 1.31 bits per heavy atom. The van der Waals surface area contributed by atoms with Gasteiger partial charge in [-0.1, -0.05) is 30.3 Å². The molecular weight excluding hydrogens is 426 g/mol. The van der Waals surface area contributed by atoms with Crippen molar-refractivity contribution in [3.05, 3.63) is 35.9 Å². The van der Waals surface area contributed by atoms with Gasteiger partial charge in [0.25, 0.3) is 0 Å². The maximum Gasteiger partial charge on any atom is 0.413 e. The second-order valence-electron chi connectivity index (χ2n) is 6.99. The van der Waals surface area contributed by atoms with E-state index in [1.54, 1.807) is 30.3 Å². The van der Waals surface area contributed by atoms with Crippen LogP contribution >= 0.6 is 0 Å². The van der Waals surface area contributed by atoms with Crippen LogP contribution in [-0.4, -0.2) is 66.0 Å². The van der Waals surface area contributed by atoms with E-state index < -0.39 is 54.5 Å². The molecular formula is C21H25NO10. The fourth-order valence-corrected chi connectivity index (χ4v) is 3.20. The zero-order chi connectivity index (χ0) is 23.8. The number of carbonyl (C=O) groups excluding carboxylic acids is 5. The van der Waals surface area contributed by atoms with Gasteiger partial charge in [0.1, 0.15) is 6.61 Å².